The van der Waals surface area contributed by atoms with E-state index in [2.05, 4.69) is 33.7 Å². The Bertz CT molecular complexity index is 515. The fraction of sp³-hybridized carbons (Fsp3) is 0.842. The van der Waals surface area contributed by atoms with Crippen molar-refractivity contribution in [3.63, 3.8) is 0 Å². The molecular weight excluding hydrogens is 371 g/mol. The van der Waals surface area contributed by atoms with Crippen molar-refractivity contribution in [1.29, 1.82) is 0 Å². The molecule has 2 N–H and O–H groups in total. The van der Waals surface area contributed by atoms with Crippen molar-refractivity contribution in [2.75, 3.05) is 18.0 Å². The minimum Gasteiger partial charge on any atom is -0.342 e. The van der Waals surface area contributed by atoms with Gasteiger partial charge in [0.1, 0.15) is 0 Å². The SMILES string of the molecule is CCCCCCCCN(CCCCCCCC)c1nc(=S)[nH]c(=S)[nH]1.[Na]. The molecule has 7 heteroatoms. The summed E-state index contributed by atoms with van der Waals surface area (Å²) in [6, 6.07) is 0. The van der Waals surface area contributed by atoms with Gasteiger partial charge < -0.3 is 14.9 Å². The van der Waals surface area contributed by atoms with Gasteiger partial charge in [-0.25, -0.2) is 0 Å². The van der Waals surface area contributed by atoms with Gasteiger partial charge in [0.15, 0.2) is 4.77 Å². The molecular formula is C19H36N4NaS2. The van der Waals surface area contributed by atoms with Crippen LogP contribution in [0.3, 0.4) is 0 Å². The molecule has 0 saturated carbocycles. The predicted octanol–water partition coefficient (Wildman–Crippen LogP) is 6.34. The van der Waals surface area contributed by atoms with Crippen LogP contribution in [0.25, 0.3) is 0 Å². The summed E-state index contributed by atoms with van der Waals surface area (Å²) >= 11 is 10.4. The zero-order valence-corrected chi connectivity index (χ0v) is 20.7. The van der Waals surface area contributed by atoms with Crippen molar-refractivity contribution in [2.24, 2.45) is 0 Å². The molecule has 0 aromatic carbocycles. The van der Waals surface area contributed by atoms with Crippen molar-refractivity contribution in [1.82, 2.24) is 15.0 Å². The van der Waals surface area contributed by atoms with Gasteiger partial charge in [0.05, 0.1) is 0 Å². The first-order valence-corrected chi connectivity index (χ1v) is 10.9. The Hall–Kier alpha value is 0.250. The summed E-state index contributed by atoms with van der Waals surface area (Å²) in [6.07, 6.45) is 15.6. The van der Waals surface area contributed by atoms with Gasteiger partial charge in [0.2, 0.25) is 10.7 Å². The molecule has 1 radical (unpaired) electrons. The number of aromatic amines is 2. The Balaban J connectivity index is 0.00000625. The third kappa shape index (κ3) is 12.6. The molecule has 0 atom stereocenters. The van der Waals surface area contributed by atoms with Gasteiger partial charge in [-0.2, -0.15) is 4.98 Å². The molecule has 1 heterocycles. The Morgan fingerprint density at radius 2 is 1.19 bits per heavy atom. The molecule has 0 saturated heterocycles. The zero-order chi connectivity index (χ0) is 18.3. The van der Waals surface area contributed by atoms with E-state index in [1.807, 2.05) is 0 Å². The monoisotopic (exact) mass is 407 g/mol. The van der Waals surface area contributed by atoms with Crippen molar-refractivity contribution >= 4 is 59.9 Å². The molecule has 0 aliphatic carbocycles. The van der Waals surface area contributed by atoms with E-state index in [-0.39, 0.29) is 29.6 Å². The Morgan fingerprint density at radius 1 is 0.731 bits per heavy atom. The fourth-order valence-corrected chi connectivity index (χ4v) is 3.46. The van der Waals surface area contributed by atoms with Gasteiger partial charge in [-0.05, 0) is 37.3 Å². The van der Waals surface area contributed by atoms with Crippen molar-refractivity contribution < 1.29 is 0 Å². The maximum Gasteiger partial charge on any atom is 0.207 e. The first kappa shape index (κ1) is 26.2. The summed E-state index contributed by atoms with van der Waals surface area (Å²) in [7, 11) is 0. The van der Waals surface area contributed by atoms with Crippen molar-refractivity contribution in [3.05, 3.63) is 9.54 Å². The normalized spacial score (nSPS) is 10.5. The molecule has 26 heavy (non-hydrogen) atoms. The third-order valence-corrected chi connectivity index (χ3v) is 4.91. The summed E-state index contributed by atoms with van der Waals surface area (Å²) in [6.45, 7) is 6.57. The zero-order valence-electron chi connectivity index (χ0n) is 17.1. The van der Waals surface area contributed by atoms with Crippen LogP contribution in [-0.2, 0) is 0 Å². The molecule has 0 aliphatic heterocycles. The van der Waals surface area contributed by atoms with Gasteiger partial charge in [-0.15, -0.1) is 0 Å². The Morgan fingerprint density at radius 3 is 1.65 bits per heavy atom. The van der Waals surface area contributed by atoms with Crippen LogP contribution in [0.4, 0.5) is 5.95 Å². The van der Waals surface area contributed by atoms with Crippen molar-refractivity contribution in [2.45, 2.75) is 90.9 Å². The Kier molecular flexibility index (Phi) is 17.5. The fourth-order valence-electron chi connectivity index (χ4n) is 3.02. The molecule has 0 amide bonds. The van der Waals surface area contributed by atoms with E-state index in [0.717, 1.165) is 19.0 Å². The maximum absolute atomic E-state index is 5.23. The number of unbranched alkanes of at least 4 members (excludes halogenated alkanes) is 10. The van der Waals surface area contributed by atoms with Crippen LogP contribution in [0, 0.1) is 9.54 Å². The number of hydrogen-bond acceptors (Lipinski definition) is 4. The second-order valence-electron chi connectivity index (χ2n) is 6.84. The average Bonchev–Trinajstić information content (AvgIpc) is 2.58. The molecule has 1 aromatic heterocycles. The van der Waals surface area contributed by atoms with Crippen LogP contribution >= 0.6 is 24.4 Å². The quantitative estimate of drug-likeness (QED) is 0.202. The maximum atomic E-state index is 5.23. The van der Waals surface area contributed by atoms with E-state index >= 15 is 0 Å². The number of hydrogen-bond donors (Lipinski definition) is 2. The molecule has 0 aliphatic rings. The minimum absolute atomic E-state index is 0. The van der Waals surface area contributed by atoms with Crippen LogP contribution in [-0.4, -0.2) is 57.6 Å². The summed E-state index contributed by atoms with van der Waals surface area (Å²) in [4.78, 5) is 12.8. The smallest absolute Gasteiger partial charge is 0.207 e. The standard InChI is InChI=1S/C19H36N4S2.Na/c1-3-5-7-9-11-13-15-23(16-14-12-10-8-6-4-2)17-20-18(24)22-19(25)21-17;/h3-16H2,1-2H3,(H2,20,21,22,24,25);. The average molecular weight is 408 g/mol. The number of aromatic nitrogens is 3. The van der Waals surface area contributed by atoms with Gasteiger partial charge in [-0.3, -0.25) is 0 Å². The van der Waals surface area contributed by atoms with E-state index in [9.17, 15) is 0 Å². The first-order valence-electron chi connectivity index (χ1n) is 10.1. The van der Waals surface area contributed by atoms with E-state index < -0.39 is 0 Å². The first-order chi connectivity index (χ1) is 12.2. The van der Waals surface area contributed by atoms with Crippen molar-refractivity contribution in [3.8, 4) is 0 Å². The van der Waals surface area contributed by atoms with Crippen LogP contribution in [0.5, 0.6) is 0 Å². The third-order valence-electron chi connectivity index (χ3n) is 4.52. The summed E-state index contributed by atoms with van der Waals surface area (Å²) in [5.41, 5.74) is 0. The molecule has 0 unspecified atom stereocenters. The van der Waals surface area contributed by atoms with Gasteiger partial charge >= 0.3 is 0 Å². The van der Waals surface area contributed by atoms with Gasteiger partial charge in [0, 0.05) is 42.6 Å². The number of anilines is 1. The van der Waals surface area contributed by atoms with E-state index in [1.165, 1.54) is 77.0 Å². The van der Waals surface area contributed by atoms with Gasteiger partial charge in [0.25, 0.3) is 0 Å². The molecule has 0 fully saturated rings. The summed E-state index contributed by atoms with van der Waals surface area (Å²) < 4.78 is 1.03. The number of nitrogens with one attached hydrogen (secondary N) is 2. The van der Waals surface area contributed by atoms with Crippen LogP contribution in [0.1, 0.15) is 90.9 Å². The van der Waals surface area contributed by atoms with Gasteiger partial charge in [-0.1, -0.05) is 78.1 Å². The summed E-state index contributed by atoms with van der Waals surface area (Å²) in [5, 5.41) is 0. The minimum atomic E-state index is 0. The van der Waals surface area contributed by atoms with Crippen LogP contribution in [0.15, 0.2) is 0 Å². The molecule has 1 rings (SSSR count). The molecule has 0 bridgehead atoms. The number of H-pyrrole nitrogens is 2. The van der Waals surface area contributed by atoms with Crippen LogP contribution < -0.4 is 4.90 Å². The predicted molar refractivity (Wildman–Crippen MR) is 119 cm³/mol. The summed E-state index contributed by atoms with van der Waals surface area (Å²) in [5.74, 6) is 0.830. The number of rotatable bonds is 15. The molecule has 0 spiro atoms. The molecule has 4 nitrogen and oxygen atoms in total. The van der Waals surface area contributed by atoms with E-state index in [0.29, 0.717) is 9.54 Å². The largest absolute Gasteiger partial charge is 0.342 e. The van der Waals surface area contributed by atoms with E-state index in [4.69, 9.17) is 24.4 Å². The Labute approximate surface area is 192 Å². The van der Waals surface area contributed by atoms with Crippen LogP contribution in [0.2, 0.25) is 0 Å². The number of nitrogens with zero attached hydrogens (tertiary/aromatic N) is 2. The second kappa shape index (κ2) is 17.4. The van der Waals surface area contributed by atoms with E-state index in [1.54, 1.807) is 0 Å². The molecule has 145 valence electrons. The molecule has 1 aromatic rings. The topological polar surface area (TPSA) is 47.7 Å². The second-order valence-corrected chi connectivity index (χ2v) is 7.64.